The van der Waals surface area contributed by atoms with E-state index in [2.05, 4.69) is 26.1 Å². The van der Waals surface area contributed by atoms with Crippen molar-refractivity contribution in [1.29, 1.82) is 0 Å². The van der Waals surface area contributed by atoms with Gasteiger partial charge in [0.05, 0.1) is 0 Å². The Morgan fingerprint density at radius 2 is 1.42 bits per heavy atom. The minimum absolute atomic E-state index is 0.845. The van der Waals surface area contributed by atoms with Crippen LogP contribution in [0.2, 0.25) is 0 Å². The highest BCUT2D eigenvalue weighted by atomic mass is 14.9. The van der Waals surface area contributed by atoms with E-state index in [4.69, 9.17) is 0 Å². The molecule has 0 aromatic heterocycles. The lowest BCUT2D eigenvalue weighted by Gasteiger charge is -2.40. The fraction of sp³-hybridized carbons (Fsp3) is 1.00. The van der Waals surface area contributed by atoms with Gasteiger partial charge in [0.25, 0.3) is 0 Å². The van der Waals surface area contributed by atoms with E-state index in [-0.39, 0.29) is 0 Å². The zero-order chi connectivity index (χ0) is 13.4. The first kappa shape index (κ1) is 13.9. The van der Waals surface area contributed by atoms with Crippen molar-refractivity contribution in [3.05, 3.63) is 0 Å². The Hall–Kier alpha value is -0.0400. The lowest BCUT2D eigenvalue weighted by molar-refractivity contribution is 0.139. The summed E-state index contributed by atoms with van der Waals surface area (Å²) in [5.41, 5.74) is 0. The highest BCUT2D eigenvalue weighted by Gasteiger charge is 2.49. The monoisotopic (exact) mass is 263 g/mol. The standard InChI is InChI=1S/C18H33N/c1-4-5-19-18(17-10-14-9-15(14)11-17)16-7-12(2)6-13(3)8-16/h12-19H,4-11H2,1-3H3. The van der Waals surface area contributed by atoms with Crippen LogP contribution in [0.25, 0.3) is 0 Å². The number of nitrogens with one attached hydrogen (secondary N) is 1. The summed E-state index contributed by atoms with van der Waals surface area (Å²) in [4.78, 5) is 0. The van der Waals surface area contributed by atoms with Gasteiger partial charge in [-0.15, -0.1) is 0 Å². The molecule has 3 aliphatic rings. The van der Waals surface area contributed by atoms with Crippen LogP contribution in [-0.2, 0) is 0 Å². The topological polar surface area (TPSA) is 12.0 Å². The van der Waals surface area contributed by atoms with Crippen molar-refractivity contribution in [2.75, 3.05) is 6.54 Å². The molecule has 1 nitrogen and oxygen atoms in total. The SMILES string of the molecule is CCCNC(C1CC(C)CC(C)C1)C1CC2CC2C1. The number of rotatable bonds is 5. The van der Waals surface area contributed by atoms with Gasteiger partial charge < -0.3 is 5.32 Å². The van der Waals surface area contributed by atoms with E-state index in [1.54, 1.807) is 19.3 Å². The number of hydrogen-bond donors (Lipinski definition) is 1. The smallest absolute Gasteiger partial charge is 0.0124 e. The summed E-state index contributed by atoms with van der Waals surface area (Å²) < 4.78 is 0. The second kappa shape index (κ2) is 5.76. The van der Waals surface area contributed by atoms with E-state index in [1.165, 1.54) is 32.2 Å². The van der Waals surface area contributed by atoms with Crippen LogP contribution in [0.1, 0.15) is 65.7 Å². The summed E-state index contributed by atoms with van der Waals surface area (Å²) >= 11 is 0. The minimum Gasteiger partial charge on any atom is -0.313 e. The molecule has 5 atom stereocenters. The van der Waals surface area contributed by atoms with Gasteiger partial charge in [0.1, 0.15) is 0 Å². The molecular weight excluding hydrogens is 230 g/mol. The first-order chi connectivity index (χ1) is 9.17. The third kappa shape index (κ3) is 3.17. The van der Waals surface area contributed by atoms with Crippen LogP contribution in [0.3, 0.4) is 0 Å². The largest absolute Gasteiger partial charge is 0.313 e. The van der Waals surface area contributed by atoms with Gasteiger partial charge in [-0.05, 0) is 87.0 Å². The summed E-state index contributed by atoms with van der Waals surface area (Å²) in [7, 11) is 0. The van der Waals surface area contributed by atoms with Gasteiger partial charge in [-0.3, -0.25) is 0 Å². The van der Waals surface area contributed by atoms with Gasteiger partial charge in [-0.25, -0.2) is 0 Å². The second-order valence-corrected chi connectivity index (χ2v) is 8.14. The molecule has 0 spiro atoms. The van der Waals surface area contributed by atoms with Gasteiger partial charge in [-0.2, -0.15) is 0 Å². The molecule has 0 radical (unpaired) electrons. The van der Waals surface area contributed by atoms with Crippen molar-refractivity contribution in [2.45, 2.75) is 71.8 Å². The maximum Gasteiger partial charge on any atom is 0.0124 e. The molecule has 0 aromatic rings. The van der Waals surface area contributed by atoms with Crippen molar-refractivity contribution in [3.63, 3.8) is 0 Å². The predicted octanol–water partition coefficient (Wildman–Crippen LogP) is 4.47. The Morgan fingerprint density at radius 3 is 2.00 bits per heavy atom. The molecule has 1 heteroatoms. The molecule has 110 valence electrons. The van der Waals surface area contributed by atoms with Crippen molar-refractivity contribution < 1.29 is 0 Å². The summed E-state index contributed by atoms with van der Waals surface area (Å²) in [6, 6.07) is 0.845. The Kier molecular flexibility index (Phi) is 4.22. The molecule has 0 amide bonds. The molecule has 5 unspecified atom stereocenters. The average Bonchev–Trinajstić information content (AvgIpc) is 2.96. The molecule has 3 fully saturated rings. The van der Waals surface area contributed by atoms with Crippen LogP contribution < -0.4 is 5.32 Å². The van der Waals surface area contributed by atoms with Crippen molar-refractivity contribution in [1.82, 2.24) is 5.32 Å². The van der Waals surface area contributed by atoms with Crippen molar-refractivity contribution >= 4 is 0 Å². The molecule has 0 bridgehead atoms. The fourth-order valence-electron chi connectivity index (χ4n) is 5.39. The lowest BCUT2D eigenvalue weighted by Crippen LogP contribution is -2.44. The summed E-state index contributed by atoms with van der Waals surface area (Å²) in [6.45, 7) is 8.50. The van der Waals surface area contributed by atoms with Gasteiger partial charge in [-0.1, -0.05) is 20.8 Å². The second-order valence-electron chi connectivity index (χ2n) is 8.14. The van der Waals surface area contributed by atoms with Crippen LogP contribution in [-0.4, -0.2) is 12.6 Å². The molecule has 3 aliphatic carbocycles. The lowest BCUT2D eigenvalue weighted by atomic mass is 9.70. The third-order valence-electron chi connectivity index (χ3n) is 6.14. The molecular formula is C18H33N. The normalized spacial score (nSPS) is 46.9. The number of hydrogen-bond acceptors (Lipinski definition) is 1. The Morgan fingerprint density at radius 1 is 0.842 bits per heavy atom. The molecule has 0 heterocycles. The first-order valence-electron chi connectivity index (χ1n) is 8.90. The van der Waals surface area contributed by atoms with E-state index >= 15 is 0 Å². The van der Waals surface area contributed by atoms with Crippen LogP contribution >= 0.6 is 0 Å². The Bertz CT molecular complexity index is 280. The summed E-state index contributed by atoms with van der Waals surface area (Å²) in [5, 5.41) is 3.96. The van der Waals surface area contributed by atoms with E-state index in [9.17, 15) is 0 Å². The molecule has 0 aliphatic heterocycles. The van der Waals surface area contributed by atoms with Gasteiger partial charge in [0, 0.05) is 6.04 Å². The highest BCUT2D eigenvalue weighted by Crippen LogP contribution is 2.56. The van der Waals surface area contributed by atoms with E-state index in [0.29, 0.717) is 0 Å². The highest BCUT2D eigenvalue weighted by molar-refractivity contribution is 5.01. The molecule has 3 saturated carbocycles. The van der Waals surface area contributed by atoms with Crippen LogP contribution in [0.5, 0.6) is 0 Å². The first-order valence-corrected chi connectivity index (χ1v) is 8.90. The van der Waals surface area contributed by atoms with E-state index < -0.39 is 0 Å². The molecule has 1 N–H and O–H groups in total. The molecule has 19 heavy (non-hydrogen) atoms. The summed E-state index contributed by atoms with van der Waals surface area (Å²) in [5.74, 6) is 6.15. The van der Waals surface area contributed by atoms with Crippen molar-refractivity contribution in [2.24, 2.45) is 35.5 Å². The molecule has 0 saturated heterocycles. The van der Waals surface area contributed by atoms with Gasteiger partial charge in [0.15, 0.2) is 0 Å². The Balaban J connectivity index is 1.63. The third-order valence-corrected chi connectivity index (χ3v) is 6.14. The average molecular weight is 263 g/mol. The van der Waals surface area contributed by atoms with Crippen LogP contribution in [0.4, 0.5) is 0 Å². The van der Waals surface area contributed by atoms with E-state index in [1.807, 2.05) is 0 Å². The minimum atomic E-state index is 0.845. The zero-order valence-corrected chi connectivity index (χ0v) is 13.2. The van der Waals surface area contributed by atoms with E-state index in [0.717, 1.165) is 41.5 Å². The van der Waals surface area contributed by atoms with Crippen LogP contribution in [0.15, 0.2) is 0 Å². The van der Waals surface area contributed by atoms with Gasteiger partial charge >= 0.3 is 0 Å². The predicted molar refractivity (Wildman–Crippen MR) is 82.1 cm³/mol. The number of fused-ring (bicyclic) bond motifs is 1. The zero-order valence-electron chi connectivity index (χ0n) is 13.2. The van der Waals surface area contributed by atoms with Crippen LogP contribution in [0, 0.1) is 35.5 Å². The van der Waals surface area contributed by atoms with Gasteiger partial charge in [0.2, 0.25) is 0 Å². The maximum absolute atomic E-state index is 3.96. The molecule has 0 aromatic carbocycles. The summed E-state index contributed by atoms with van der Waals surface area (Å²) in [6.07, 6.45) is 10.4. The van der Waals surface area contributed by atoms with Crippen molar-refractivity contribution in [3.8, 4) is 0 Å². The fourth-order valence-corrected chi connectivity index (χ4v) is 5.39. The Labute approximate surface area is 119 Å². The maximum atomic E-state index is 3.96. The molecule has 3 rings (SSSR count). The quantitative estimate of drug-likeness (QED) is 0.771.